The largest absolute Gasteiger partial charge is 0.391 e. The Morgan fingerprint density at radius 3 is 2.30 bits per heavy atom. The Bertz CT molecular complexity index is 70.8. The van der Waals surface area contributed by atoms with Crippen molar-refractivity contribution in [2.45, 2.75) is 26.0 Å². The second kappa shape index (κ2) is 7.98. The molecule has 0 aliphatic rings. The summed E-state index contributed by atoms with van der Waals surface area (Å²) in [6, 6.07) is 0.457. The van der Waals surface area contributed by atoms with Gasteiger partial charge >= 0.3 is 0 Å². The fraction of sp³-hybridized carbons (Fsp3) is 1.00. The number of nitrogens with one attached hydrogen (secondary N) is 1. The zero-order valence-corrected chi connectivity index (χ0v) is 9.60. The molecule has 0 aromatic carbocycles. The molecule has 0 aliphatic carbocycles. The minimum atomic E-state index is -0.257. The molecule has 0 saturated heterocycles. The van der Waals surface area contributed by atoms with E-state index in [9.17, 15) is 0 Å². The van der Waals surface area contributed by atoms with Gasteiger partial charge in [-0.05, 0) is 0 Å². The highest BCUT2D eigenvalue weighted by Gasteiger charge is 2.00. The fourth-order valence-electron chi connectivity index (χ4n) is 0.426. The van der Waals surface area contributed by atoms with E-state index in [0.717, 1.165) is 0 Å². The van der Waals surface area contributed by atoms with Gasteiger partial charge in [-0.25, -0.2) is 0 Å². The van der Waals surface area contributed by atoms with Gasteiger partial charge in [0.2, 0.25) is 0 Å². The van der Waals surface area contributed by atoms with Crippen LogP contribution in [-0.2, 0) is 0 Å². The summed E-state index contributed by atoms with van der Waals surface area (Å²) in [6.07, 6.45) is -0.257. The Morgan fingerprint density at radius 1 is 1.50 bits per heavy atom. The number of hydrogen-bond acceptors (Lipinski definition) is 2. The molecule has 0 radical (unpaired) electrons. The summed E-state index contributed by atoms with van der Waals surface area (Å²) in [5.41, 5.74) is 0. The van der Waals surface area contributed by atoms with E-state index in [0.29, 0.717) is 17.9 Å². The van der Waals surface area contributed by atoms with Crippen molar-refractivity contribution in [1.82, 2.24) is 5.32 Å². The molecule has 0 aromatic rings. The Labute approximate surface area is 81.3 Å². The lowest BCUT2D eigenvalue weighted by Crippen LogP contribution is -2.32. The number of halogens is 2. The van der Waals surface area contributed by atoms with Crippen LogP contribution in [0, 0.1) is 0 Å². The van der Waals surface area contributed by atoms with Crippen molar-refractivity contribution in [3.63, 3.8) is 0 Å². The summed E-state index contributed by atoms with van der Waals surface area (Å²) < 4.78 is 0. The molecule has 64 valence electrons. The Kier molecular flexibility index (Phi) is 10.7. The summed E-state index contributed by atoms with van der Waals surface area (Å²) in [5, 5.41) is 12.8. The summed E-state index contributed by atoms with van der Waals surface area (Å²) in [6.45, 7) is 4.78. The normalized spacial score (nSPS) is 12.9. The molecule has 0 rings (SSSR count). The summed E-state index contributed by atoms with van der Waals surface area (Å²) in [7, 11) is 0. The minimum Gasteiger partial charge on any atom is -0.391 e. The highest BCUT2D eigenvalue weighted by molar-refractivity contribution is 9.09. The first-order chi connectivity index (χ1) is 4.16. The van der Waals surface area contributed by atoms with Gasteiger partial charge in [-0.15, -0.1) is 17.0 Å². The maximum Gasteiger partial charge on any atom is 0.0761 e. The number of alkyl halides is 1. The van der Waals surface area contributed by atoms with E-state index in [1.54, 1.807) is 0 Å². The summed E-state index contributed by atoms with van der Waals surface area (Å²) >= 11 is 3.17. The molecule has 0 spiro atoms. The van der Waals surface area contributed by atoms with E-state index in [-0.39, 0.29) is 23.1 Å². The van der Waals surface area contributed by atoms with Crippen molar-refractivity contribution in [2.75, 3.05) is 11.9 Å². The van der Waals surface area contributed by atoms with Crippen LogP contribution in [0.3, 0.4) is 0 Å². The molecule has 1 atom stereocenters. The third kappa shape index (κ3) is 8.88. The van der Waals surface area contributed by atoms with Crippen LogP contribution in [0.1, 0.15) is 13.8 Å². The van der Waals surface area contributed by atoms with Crippen molar-refractivity contribution in [3.05, 3.63) is 0 Å². The topological polar surface area (TPSA) is 32.3 Å². The standard InChI is InChI=1S/C6H14BrNO.BrH/c1-5(2)8-4-6(9)3-7;/h5-6,8-9H,3-4H2,1-2H3;1H. The highest BCUT2D eigenvalue weighted by Crippen LogP contribution is 1.88. The molecule has 2 N–H and O–H groups in total. The minimum absolute atomic E-state index is 0. The maximum atomic E-state index is 9.00. The van der Waals surface area contributed by atoms with Gasteiger partial charge in [0, 0.05) is 17.9 Å². The molecule has 0 aliphatic heterocycles. The van der Waals surface area contributed by atoms with Crippen molar-refractivity contribution < 1.29 is 5.11 Å². The third-order valence-electron chi connectivity index (χ3n) is 0.940. The van der Waals surface area contributed by atoms with Gasteiger partial charge in [0.25, 0.3) is 0 Å². The van der Waals surface area contributed by atoms with Crippen molar-refractivity contribution in [2.24, 2.45) is 0 Å². The van der Waals surface area contributed by atoms with Crippen LogP contribution in [0.4, 0.5) is 0 Å². The fourth-order valence-corrected chi connectivity index (χ4v) is 0.655. The molecule has 0 heterocycles. The molecule has 0 fully saturated rings. The molecule has 0 bridgehead atoms. The van der Waals surface area contributed by atoms with Crippen molar-refractivity contribution in [3.8, 4) is 0 Å². The van der Waals surface area contributed by atoms with E-state index >= 15 is 0 Å². The zero-order valence-electron chi connectivity index (χ0n) is 6.30. The van der Waals surface area contributed by atoms with Crippen LogP contribution < -0.4 is 5.32 Å². The van der Waals surface area contributed by atoms with Gasteiger partial charge in [-0.1, -0.05) is 29.8 Å². The first-order valence-electron chi connectivity index (χ1n) is 3.14. The van der Waals surface area contributed by atoms with E-state index in [1.165, 1.54) is 0 Å². The van der Waals surface area contributed by atoms with Crippen molar-refractivity contribution >= 4 is 32.9 Å². The second-order valence-corrected chi connectivity index (χ2v) is 3.02. The van der Waals surface area contributed by atoms with E-state index in [4.69, 9.17) is 5.11 Å². The highest BCUT2D eigenvalue weighted by atomic mass is 79.9. The number of aliphatic hydroxyl groups is 1. The predicted octanol–water partition coefficient (Wildman–Crippen LogP) is 1.32. The monoisotopic (exact) mass is 275 g/mol. The molecule has 0 amide bonds. The van der Waals surface area contributed by atoms with Gasteiger partial charge in [0.15, 0.2) is 0 Å². The summed E-state index contributed by atoms with van der Waals surface area (Å²) in [5.74, 6) is 0. The molecular weight excluding hydrogens is 262 g/mol. The van der Waals surface area contributed by atoms with Crippen LogP contribution in [0.5, 0.6) is 0 Å². The van der Waals surface area contributed by atoms with Crippen LogP contribution in [0.2, 0.25) is 0 Å². The quantitative estimate of drug-likeness (QED) is 0.759. The number of hydrogen-bond donors (Lipinski definition) is 2. The molecule has 4 heteroatoms. The molecular formula is C6H15Br2NO. The Hall–Kier alpha value is 0.880. The van der Waals surface area contributed by atoms with Gasteiger partial charge < -0.3 is 10.4 Å². The molecule has 10 heavy (non-hydrogen) atoms. The first-order valence-corrected chi connectivity index (χ1v) is 4.26. The van der Waals surface area contributed by atoms with Gasteiger partial charge in [0.1, 0.15) is 0 Å². The van der Waals surface area contributed by atoms with Crippen molar-refractivity contribution in [1.29, 1.82) is 0 Å². The first kappa shape index (κ1) is 13.5. The SMILES string of the molecule is Br.CC(C)NCC(O)CBr. The molecule has 0 saturated carbocycles. The van der Waals surface area contributed by atoms with Gasteiger partial charge in [0.05, 0.1) is 6.10 Å². The summed E-state index contributed by atoms with van der Waals surface area (Å²) in [4.78, 5) is 0. The zero-order chi connectivity index (χ0) is 7.28. The van der Waals surface area contributed by atoms with Crippen LogP contribution >= 0.6 is 32.9 Å². The predicted molar refractivity (Wildman–Crippen MR) is 53.3 cm³/mol. The number of rotatable bonds is 4. The Morgan fingerprint density at radius 2 is 2.00 bits per heavy atom. The van der Waals surface area contributed by atoms with E-state index in [1.807, 2.05) is 0 Å². The van der Waals surface area contributed by atoms with Gasteiger partial charge in [-0.2, -0.15) is 0 Å². The number of aliphatic hydroxyl groups excluding tert-OH is 1. The van der Waals surface area contributed by atoms with E-state index < -0.39 is 0 Å². The maximum absolute atomic E-state index is 9.00. The lowest BCUT2D eigenvalue weighted by atomic mass is 10.3. The van der Waals surface area contributed by atoms with Crippen LogP contribution in [-0.4, -0.2) is 29.1 Å². The second-order valence-electron chi connectivity index (χ2n) is 2.37. The lowest BCUT2D eigenvalue weighted by molar-refractivity contribution is 0.194. The van der Waals surface area contributed by atoms with Crippen LogP contribution in [0.25, 0.3) is 0 Å². The molecule has 2 nitrogen and oxygen atoms in total. The Balaban J connectivity index is 0. The molecule has 1 unspecified atom stereocenters. The average Bonchev–Trinajstić information content (AvgIpc) is 1.83. The smallest absolute Gasteiger partial charge is 0.0761 e. The molecule has 0 aromatic heterocycles. The third-order valence-corrected chi connectivity index (χ3v) is 1.69. The average molecular weight is 277 g/mol. The lowest BCUT2D eigenvalue weighted by Gasteiger charge is -2.10. The van der Waals surface area contributed by atoms with Gasteiger partial charge in [-0.3, -0.25) is 0 Å². The van der Waals surface area contributed by atoms with Crippen LogP contribution in [0.15, 0.2) is 0 Å². The van der Waals surface area contributed by atoms with E-state index in [2.05, 4.69) is 35.1 Å².